The van der Waals surface area contributed by atoms with Crippen molar-refractivity contribution in [1.82, 2.24) is 5.48 Å². The van der Waals surface area contributed by atoms with Gasteiger partial charge in [0, 0.05) is 12.0 Å². The van der Waals surface area contributed by atoms with E-state index in [-0.39, 0.29) is 5.82 Å². The Morgan fingerprint density at radius 3 is 2.33 bits per heavy atom. The van der Waals surface area contributed by atoms with Crippen LogP contribution in [0.25, 0.3) is 0 Å². The Kier molecular flexibility index (Phi) is 4.73. The minimum Gasteiger partial charge on any atom is -0.399 e. The second-order valence-electron chi connectivity index (χ2n) is 6.20. The highest BCUT2D eigenvalue weighted by Gasteiger charge is 2.52. The summed E-state index contributed by atoms with van der Waals surface area (Å²) in [5, 5.41) is 0. The third kappa shape index (κ3) is 3.45. The molecular formula is C15H23BFNO3. The van der Waals surface area contributed by atoms with E-state index in [4.69, 9.17) is 14.1 Å². The fourth-order valence-electron chi connectivity index (χ4n) is 2.08. The maximum absolute atomic E-state index is 14.3. The summed E-state index contributed by atoms with van der Waals surface area (Å²) in [4.78, 5) is 5.04. The molecule has 6 heteroatoms. The second kappa shape index (κ2) is 6.05. The highest BCUT2D eigenvalue weighted by Crippen LogP contribution is 2.36. The zero-order valence-corrected chi connectivity index (χ0v) is 13.3. The minimum atomic E-state index is -0.677. The number of nitrogens with one attached hydrogen (secondary N) is 1. The van der Waals surface area contributed by atoms with Crippen LogP contribution < -0.4 is 10.9 Å². The molecule has 1 aromatic carbocycles. The first-order valence-electron chi connectivity index (χ1n) is 7.25. The molecule has 1 fully saturated rings. The quantitative estimate of drug-likeness (QED) is 0.513. The Balaban J connectivity index is 2.12. The first-order valence-corrected chi connectivity index (χ1v) is 7.25. The normalized spacial score (nSPS) is 20.0. The van der Waals surface area contributed by atoms with Crippen molar-refractivity contribution in [2.45, 2.75) is 52.4 Å². The minimum absolute atomic E-state index is 0.329. The molecule has 0 aliphatic carbocycles. The Labute approximate surface area is 126 Å². The summed E-state index contributed by atoms with van der Waals surface area (Å²) in [5.74, 6) is -0.329. The molecule has 1 aliphatic rings. The molecular weight excluding hydrogens is 272 g/mol. The van der Waals surface area contributed by atoms with Gasteiger partial charge in [-0.3, -0.25) is 0 Å². The molecule has 0 bridgehead atoms. The van der Waals surface area contributed by atoms with Gasteiger partial charge < -0.3 is 14.1 Å². The average molecular weight is 295 g/mol. The molecule has 0 atom stereocenters. The lowest BCUT2D eigenvalue weighted by Crippen LogP contribution is -2.41. The van der Waals surface area contributed by atoms with Crippen molar-refractivity contribution in [3.8, 4) is 0 Å². The molecule has 21 heavy (non-hydrogen) atoms. The maximum atomic E-state index is 14.3. The molecule has 1 heterocycles. The molecule has 0 aromatic heterocycles. The van der Waals surface area contributed by atoms with Crippen LogP contribution in [0.1, 0.15) is 40.2 Å². The van der Waals surface area contributed by atoms with E-state index in [9.17, 15) is 4.39 Å². The van der Waals surface area contributed by atoms with Crippen molar-refractivity contribution in [2.75, 3.05) is 6.61 Å². The molecule has 1 aliphatic heterocycles. The molecule has 4 nitrogen and oxygen atoms in total. The molecule has 0 radical (unpaired) electrons. The van der Waals surface area contributed by atoms with Crippen LogP contribution in [0.5, 0.6) is 0 Å². The summed E-state index contributed by atoms with van der Waals surface area (Å²) in [7, 11) is -0.677. The number of hydroxylamine groups is 1. The standard InChI is InChI=1S/C15H23BFNO3/c1-6-19-18-10-11-7-8-12(13(17)9-11)16-20-14(2,3)15(4,5)21-16/h7-9,18H,6,10H2,1-5H3. The van der Waals surface area contributed by atoms with Crippen LogP contribution in [0.2, 0.25) is 0 Å². The van der Waals surface area contributed by atoms with Gasteiger partial charge in [-0.1, -0.05) is 12.1 Å². The molecule has 2 rings (SSSR count). The Morgan fingerprint density at radius 1 is 1.19 bits per heavy atom. The van der Waals surface area contributed by atoms with Gasteiger partial charge in [0.15, 0.2) is 0 Å². The summed E-state index contributed by atoms with van der Waals surface area (Å²) in [5.41, 5.74) is 3.05. The van der Waals surface area contributed by atoms with Gasteiger partial charge >= 0.3 is 7.12 Å². The van der Waals surface area contributed by atoms with E-state index in [1.54, 1.807) is 6.07 Å². The summed E-state index contributed by atoms with van der Waals surface area (Å²) in [6.07, 6.45) is 0. The van der Waals surface area contributed by atoms with Crippen LogP contribution in [0.15, 0.2) is 18.2 Å². The third-order valence-corrected chi connectivity index (χ3v) is 4.09. The van der Waals surface area contributed by atoms with Gasteiger partial charge in [0.2, 0.25) is 0 Å². The number of benzene rings is 1. The lowest BCUT2D eigenvalue weighted by Gasteiger charge is -2.32. The van der Waals surface area contributed by atoms with E-state index in [1.807, 2.05) is 40.7 Å². The molecule has 0 spiro atoms. The third-order valence-electron chi connectivity index (χ3n) is 4.09. The maximum Gasteiger partial charge on any atom is 0.497 e. The van der Waals surface area contributed by atoms with E-state index in [1.165, 1.54) is 6.07 Å². The molecule has 1 N–H and O–H groups in total. The van der Waals surface area contributed by atoms with Crippen LogP contribution in [0.3, 0.4) is 0 Å². The Bertz CT molecular complexity index is 492. The summed E-state index contributed by atoms with van der Waals surface area (Å²) >= 11 is 0. The second-order valence-corrected chi connectivity index (χ2v) is 6.20. The zero-order valence-electron chi connectivity index (χ0n) is 13.3. The highest BCUT2D eigenvalue weighted by atomic mass is 19.1. The fourth-order valence-corrected chi connectivity index (χ4v) is 2.08. The van der Waals surface area contributed by atoms with Gasteiger partial charge in [-0.05, 0) is 46.2 Å². The van der Waals surface area contributed by atoms with Gasteiger partial charge in [-0.2, -0.15) is 5.48 Å². The highest BCUT2D eigenvalue weighted by molar-refractivity contribution is 6.62. The average Bonchev–Trinajstić information content (AvgIpc) is 2.58. The van der Waals surface area contributed by atoms with Gasteiger partial charge in [0.05, 0.1) is 17.8 Å². The van der Waals surface area contributed by atoms with Gasteiger partial charge in [-0.15, -0.1) is 0 Å². The number of hydrogen-bond donors (Lipinski definition) is 1. The van der Waals surface area contributed by atoms with Crippen molar-refractivity contribution in [3.05, 3.63) is 29.6 Å². The van der Waals surface area contributed by atoms with Crippen molar-refractivity contribution in [3.63, 3.8) is 0 Å². The smallest absolute Gasteiger partial charge is 0.399 e. The summed E-state index contributed by atoms with van der Waals surface area (Å²) < 4.78 is 26.0. The number of hydrogen-bond acceptors (Lipinski definition) is 4. The topological polar surface area (TPSA) is 39.7 Å². The molecule has 1 saturated heterocycles. The summed E-state index contributed by atoms with van der Waals surface area (Å²) in [6.45, 7) is 10.7. The molecule has 1 aromatic rings. The van der Waals surface area contributed by atoms with Crippen LogP contribution in [0, 0.1) is 5.82 Å². The fraction of sp³-hybridized carbons (Fsp3) is 0.600. The van der Waals surface area contributed by atoms with E-state index in [0.717, 1.165) is 5.56 Å². The predicted molar refractivity (Wildman–Crippen MR) is 80.6 cm³/mol. The Hall–Kier alpha value is -0.945. The first-order chi connectivity index (χ1) is 9.77. The molecule has 0 amide bonds. The van der Waals surface area contributed by atoms with Crippen molar-refractivity contribution < 1.29 is 18.5 Å². The molecule has 116 valence electrons. The van der Waals surface area contributed by atoms with Crippen LogP contribution in [-0.2, 0) is 20.7 Å². The molecule has 0 unspecified atom stereocenters. The van der Waals surface area contributed by atoms with E-state index in [2.05, 4.69) is 5.48 Å². The van der Waals surface area contributed by atoms with Gasteiger partial charge in [0.25, 0.3) is 0 Å². The first kappa shape index (κ1) is 16.4. The van der Waals surface area contributed by atoms with E-state index >= 15 is 0 Å². The van der Waals surface area contributed by atoms with Crippen molar-refractivity contribution >= 4 is 12.6 Å². The predicted octanol–water partition coefficient (Wildman–Crippen LogP) is 2.17. The monoisotopic (exact) mass is 295 g/mol. The van der Waals surface area contributed by atoms with Crippen LogP contribution in [-0.4, -0.2) is 24.9 Å². The largest absolute Gasteiger partial charge is 0.497 e. The Morgan fingerprint density at radius 2 is 1.81 bits per heavy atom. The van der Waals surface area contributed by atoms with Gasteiger partial charge in [0.1, 0.15) is 5.82 Å². The number of rotatable bonds is 5. The lowest BCUT2D eigenvalue weighted by molar-refractivity contribution is 0.00578. The molecule has 0 saturated carbocycles. The SMILES string of the molecule is CCONCc1ccc(B2OC(C)(C)C(C)(C)O2)c(F)c1. The van der Waals surface area contributed by atoms with Crippen LogP contribution >= 0.6 is 0 Å². The van der Waals surface area contributed by atoms with Crippen molar-refractivity contribution in [1.29, 1.82) is 0 Å². The lowest BCUT2D eigenvalue weighted by atomic mass is 9.78. The zero-order chi connectivity index (χ0) is 15.7. The van der Waals surface area contributed by atoms with E-state index in [0.29, 0.717) is 18.6 Å². The van der Waals surface area contributed by atoms with E-state index < -0.39 is 18.3 Å². The number of halogens is 1. The summed E-state index contributed by atoms with van der Waals surface area (Å²) in [6, 6.07) is 5.03. The van der Waals surface area contributed by atoms with Crippen molar-refractivity contribution in [2.24, 2.45) is 0 Å². The van der Waals surface area contributed by atoms with Crippen LogP contribution in [0.4, 0.5) is 4.39 Å². The van der Waals surface area contributed by atoms with Gasteiger partial charge in [-0.25, -0.2) is 4.39 Å².